The second-order valence-corrected chi connectivity index (χ2v) is 10.6. The summed E-state index contributed by atoms with van der Waals surface area (Å²) in [4.78, 5) is 39.9. The first-order chi connectivity index (χ1) is 18.5. The van der Waals surface area contributed by atoms with E-state index in [2.05, 4.69) is 55.7 Å². The maximum Gasteiger partial charge on any atom is 0.251 e. The van der Waals surface area contributed by atoms with E-state index < -0.39 is 0 Å². The number of rotatable bonds is 6. The first-order valence-electron chi connectivity index (χ1n) is 13.7. The van der Waals surface area contributed by atoms with Crippen molar-refractivity contribution in [2.75, 3.05) is 13.1 Å². The molecule has 3 N–H and O–H groups in total. The summed E-state index contributed by atoms with van der Waals surface area (Å²) in [5, 5.41) is 8.69. The minimum absolute atomic E-state index is 0.00231. The van der Waals surface area contributed by atoms with Crippen LogP contribution in [0.25, 0.3) is 34.7 Å². The van der Waals surface area contributed by atoms with Crippen LogP contribution in [0.3, 0.4) is 0 Å². The number of amides is 1. The van der Waals surface area contributed by atoms with Crippen molar-refractivity contribution in [2.24, 2.45) is 10.9 Å². The van der Waals surface area contributed by atoms with Gasteiger partial charge in [-0.3, -0.25) is 14.8 Å². The molecule has 1 unspecified atom stereocenters. The van der Waals surface area contributed by atoms with E-state index in [9.17, 15) is 9.59 Å². The van der Waals surface area contributed by atoms with Crippen LogP contribution < -0.4 is 21.1 Å². The van der Waals surface area contributed by atoms with Gasteiger partial charge in [0, 0.05) is 23.8 Å². The van der Waals surface area contributed by atoms with Crippen molar-refractivity contribution in [1.29, 1.82) is 0 Å². The van der Waals surface area contributed by atoms with Crippen LogP contribution >= 0.6 is 0 Å². The molecule has 3 aromatic rings. The molecule has 6 rings (SSSR count). The number of pyridine rings is 1. The number of aromatic amines is 1. The van der Waals surface area contributed by atoms with Gasteiger partial charge in [-0.2, -0.15) is 0 Å². The lowest BCUT2D eigenvalue weighted by Crippen LogP contribution is -2.43. The Labute approximate surface area is 222 Å². The van der Waals surface area contributed by atoms with Gasteiger partial charge in [-0.1, -0.05) is 31.9 Å². The largest absolute Gasteiger partial charge is 0.371 e. The van der Waals surface area contributed by atoms with Crippen LogP contribution in [0.1, 0.15) is 69.2 Å². The molecular weight excluding hydrogens is 476 g/mol. The number of amidine groups is 1. The van der Waals surface area contributed by atoms with E-state index in [1.54, 1.807) is 0 Å². The lowest BCUT2D eigenvalue weighted by atomic mass is 10.00. The second-order valence-electron chi connectivity index (χ2n) is 10.6. The van der Waals surface area contributed by atoms with Gasteiger partial charge in [-0.25, -0.2) is 4.98 Å². The van der Waals surface area contributed by atoms with Crippen LogP contribution in [-0.2, 0) is 4.79 Å². The number of aldehydes is 1. The Morgan fingerprint density at radius 1 is 1.16 bits per heavy atom. The van der Waals surface area contributed by atoms with Crippen LogP contribution in [0, 0.1) is 5.92 Å². The predicted octanol–water partition coefficient (Wildman–Crippen LogP) is 3.26. The zero-order valence-electron chi connectivity index (χ0n) is 22.2. The van der Waals surface area contributed by atoms with Crippen LogP contribution in [0.15, 0.2) is 35.5 Å². The van der Waals surface area contributed by atoms with Gasteiger partial charge >= 0.3 is 0 Å². The standard InChI is InChI=1S/C23H24N4O.C7H12N2O/c1-23(10-4-5-11-23)27-22(28)16-8-9-18-19(13-16)26-21(25-18)20-12-15-6-2-3-7-17(15)14-24-20;1-2-6(5-10)7-8-3-4-9-7/h6-9,12-14H,2-5,10-11H2,1H3,(H,25,26)(H,27,28);5-6H,2-4H2,1H3,(H,8,9). The van der Waals surface area contributed by atoms with E-state index in [0.29, 0.717) is 5.56 Å². The molecule has 0 saturated heterocycles. The van der Waals surface area contributed by atoms with Gasteiger partial charge in [0.25, 0.3) is 5.91 Å². The van der Waals surface area contributed by atoms with Gasteiger partial charge in [0.05, 0.1) is 23.5 Å². The number of fused-ring (bicyclic) bond motifs is 2. The SMILES string of the molecule is CC1(NC(=O)c2ccc3nc(-c4cc5c(cn4)=CCCC=5)[nH]c3c2)CCCC1.CCC(C=O)C1=NCCN1. The predicted molar refractivity (Wildman–Crippen MR) is 151 cm³/mol. The lowest BCUT2D eigenvalue weighted by molar-refractivity contribution is -0.109. The maximum atomic E-state index is 12.7. The zero-order chi connectivity index (χ0) is 26.5. The summed E-state index contributed by atoms with van der Waals surface area (Å²) < 4.78 is 0. The summed E-state index contributed by atoms with van der Waals surface area (Å²) in [5.74, 6) is 1.59. The topological polar surface area (TPSA) is 112 Å². The van der Waals surface area contributed by atoms with E-state index in [1.807, 2.05) is 31.3 Å². The first-order valence-corrected chi connectivity index (χ1v) is 13.7. The van der Waals surface area contributed by atoms with E-state index in [1.165, 1.54) is 23.3 Å². The third-order valence-electron chi connectivity index (χ3n) is 7.63. The van der Waals surface area contributed by atoms with Crippen molar-refractivity contribution in [2.45, 2.75) is 64.3 Å². The number of aromatic nitrogens is 3. The van der Waals surface area contributed by atoms with Crippen molar-refractivity contribution in [1.82, 2.24) is 25.6 Å². The van der Waals surface area contributed by atoms with Crippen LogP contribution in [0.2, 0.25) is 0 Å². The smallest absolute Gasteiger partial charge is 0.251 e. The third-order valence-corrected chi connectivity index (χ3v) is 7.63. The number of carbonyl (C=O) groups is 2. The number of carbonyl (C=O) groups excluding carboxylic acids is 2. The van der Waals surface area contributed by atoms with Crippen LogP contribution in [0.4, 0.5) is 0 Å². The highest BCUT2D eigenvalue weighted by molar-refractivity contribution is 5.98. The van der Waals surface area contributed by atoms with Crippen molar-refractivity contribution in [3.63, 3.8) is 0 Å². The molecule has 1 saturated carbocycles. The third kappa shape index (κ3) is 5.69. The Kier molecular flexibility index (Phi) is 7.67. The molecule has 0 radical (unpaired) electrons. The Hall–Kier alpha value is -3.81. The molecule has 1 aromatic carbocycles. The van der Waals surface area contributed by atoms with Crippen molar-refractivity contribution in [3.8, 4) is 11.5 Å². The minimum atomic E-state index is -0.0776. The molecule has 8 nitrogen and oxygen atoms in total. The lowest BCUT2D eigenvalue weighted by Gasteiger charge is -2.25. The molecule has 1 amide bonds. The van der Waals surface area contributed by atoms with E-state index >= 15 is 0 Å². The summed E-state index contributed by atoms with van der Waals surface area (Å²) in [6.07, 6.45) is 14.8. The van der Waals surface area contributed by atoms with Gasteiger partial charge in [0.15, 0.2) is 5.82 Å². The Bertz CT molecular complexity index is 1480. The Balaban J connectivity index is 0.000000249. The molecule has 3 heterocycles. The first kappa shape index (κ1) is 25.8. The van der Waals surface area contributed by atoms with Gasteiger partial charge in [-0.05, 0) is 73.7 Å². The number of hydrogen-bond acceptors (Lipinski definition) is 6. The number of nitrogens with zero attached hydrogens (tertiary/aromatic N) is 3. The van der Waals surface area contributed by atoms with Crippen LogP contribution in [-0.4, -0.2) is 51.6 Å². The van der Waals surface area contributed by atoms with E-state index in [0.717, 1.165) is 79.9 Å². The average Bonchev–Trinajstić information content (AvgIpc) is 3.71. The molecule has 1 aliphatic heterocycles. The number of nitrogens with one attached hydrogen (secondary N) is 3. The normalized spacial score (nSPS) is 18.1. The minimum Gasteiger partial charge on any atom is -0.371 e. The molecule has 2 aliphatic carbocycles. The fraction of sp³-hybridized carbons (Fsp3) is 0.433. The molecule has 1 fully saturated rings. The molecule has 2 aromatic heterocycles. The molecular formula is C30H36N6O2. The fourth-order valence-electron chi connectivity index (χ4n) is 5.35. The summed E-state index contributed by atoms with van der Waals surface area (Å²) in [6, 6.07) is 7.72. The van der Waals surface area contributed by atoms with Crippen molar-refractivity contribution >= 4 is 41.2 Å². The molecule has 0 bridgehead atoms. The number of hydrogen-bond donors (Lipinski definition) is 3. The van der Waals surface area contributed by atoms with Crippen LogP contribution in [0.5, 0.6) is 0 Å². The quantitative estimate of drug-likeness (QED) is 0.439. The highest BCUT2D eigenvalue weighted by Gasteiger charge is 2.30. The molecule has 3 aliphatic rings. The molecule has 38 heavy (non-hydrogen) atoms. The van der Waals surface area contributed by atoms with Gasteiger partial charge in [0.1, 0.15) is 17.8 Å². The molecule has 1 atom stereocenters. The molecule has 0 spiro atoms. The van der Waals surface area contributed by atoms with Gasteiger partial charge < -0.3 is 20.4 Å². The summed E-state index contributed by atoms with van der Waals surface area (Å²) in [7, 11) is 0. The molecule has 8 heteroatoms. The Morgan fingerprint density at radius 2 is 1.95 bits per heavy atom. The van der Waals surface area contributed by atoms with Crippen molar-refractivity contribution in [3.05, 3.63) is 46.5 Å². The van der Waals surface area contributed by atoms with Crippen molar-refractivity contribution < 1.29 is 9.59 Å². The second kappa shape index (κ2) is 11.3. The summed E-state index contributed by atoms with van der Waals surface area (Å²) in [6.45, 7) is 5.84. The summed E-state index contributed by atoms with van der Waals surface area (Å²) >= 11 is 0. The van der Waals surface area contributed by atoms with Gasteiger partial charge in [0.2, 0.25) is 0 Å². The maximum absolute atomic E-state index is 12.7. The van der Waals surface area contributed by atoms with Gasteiger partial charge in [-0.15, -0.1) is 0 Å². The Morgan fingerprint density at radius 3 is 2.66 bits per heavy atom. The zero-order valence-corrected chi connectivity index (χ0v) is 22.2. The monoisotopic (exact) mass is 512 g/mol. The highest BCUT2D eigenvalue weighted by Crippen LogP contribution is 2.29. The number of H-pyrrole nitrogens is 1. The number of imidazole rings is 1. The number of benzene rings is 1. The van der Waals surface area contributed by atoms with E-state index in [4.69, 9.17) is 0 Å². The average molecular weight is 513 g/mol. The number of aliphatic imine (C=N–C) groups is 1. The molecule has 198 valence electrons. The highest BCUT2D eigenvalue weighted by atomic mass is 16.1. The van der Waals surface area contributed by atoms with E-state index in [-0.39, 0.29) is 17.4 Å². The fourth-order valence-corrected chi connectivity index (χ4v) is 5.35. The summed E-state index contributed by atoms with van der Waals surface area (Å²) in [5.41, 5.74) is 3.11.